The van der Waals surface area contributed by atoms with E-state index in [0.29, 0.717) is 16.9 Å². The first-order chi connectivity index (χ1) is 14.7. The fraction of sp³-hybridized carbons (Fsp3) is 0.476. The highest BCUT2D eigenvalue weighted by Gasteiger charge is 2.44. The first-order valence-corrected chi connectivity index (χ1v) is 10.2. The van der Waals surface area contributed by atoms with Crippen LogP contribution in [0.15, 0.2) is 42.9 Å². The third-order valence-corrected chi connectivity index (χ3v) is 5.64. The van der Waals surface area contributed by atoms with Crippen LogP contribution in [0.25, 0.3) is 11.2 Å². The Kier molecular flexibility index (Phi) is 5.24. The van der Waals surface area contributed by atoms with Gasteiger partial charge in [-0.15, -0.1) is 0 Å². The summed E-state index contributed by atoms with van der Waals surface area (Å²) in [6, 6.07) is 9.55. The van der Waals surface area contributed by atoms with Gasteiger partial charge in [-0.1, -0.05) is 18.2 Å². The Bertz CT molecular complexity index is 991. The average molecular weight is 412 g/mol. The van der Waals surface area contributed by atoms with Crippen molar-refractivity contribution in [2.45, 2.75) is 56.3 Å². The lowest BCUT2D eigenvalue weighted by molar-refractivity contribution is -0.0474. The SMILES string of the molecule is O[C@@H]1[C@H](O)[C@@H](COc2ccccc2)O[C@H]1n1cnc2cnc(OC3CCCC3)nc21. The predicted octanol–water partition coefficient (Wildman–Crippen LogP) is 1.85. The van der Waals surface area contributed by atoms with E-state index in [2.05, 4.69) is 15.0 Å². The second-order valence-electron chi connectivity index (χ2n) is 7.71. The van der Waals surface area contributed by atoms with Gasteiger partial charge in [-0.25, -0.2) is 9.97 Å². The standard InChI is InChI=1S/C21H24N4O5/c26-17-16(11-28-13-6-2-1-3-7-13)30-20(18(17)27)25-12-23-15-10-22-21(24-19(15)25)29-14-8-4-5-9-14/h1-3,6-7,10,12,14,16-18,20,26-27H,4-5,8-9,11H2/t16-,17-,18-,20-/m1/s1. The maximum Gasteiger partial charge on any atom is 0.318 e. The Morgan fingerprint density at radius 2 is 1.87 bits per heavy atom. The van der Waals surface area contributed by atoms with Crippen LogP contribution in [-0.4, -0.2) is 60.8 Å². The maximum absolute atomic E-state index is 10.6. The largest absolute Gasteiger partial charge is 0.491 e. The monoisotopic (exact) mass is 412 g/mol. The molecule has 9 nitrogen and oxygen atoms in total. The summed E-state index contributed by atoms with van der Waals surface area (Å²) in [5, 5.41) is 21.1. The lowest BCUT2D eigenvalue weighted by atomic mass is 10.1. The number of ether oxygens (including phenoxy) is 3. The molecule has 0 spiro atoms. The molecule has 1 aliphatic heterocycles. The molecular formula is C21H24N4O5. The van der Waals surface area contributed by atoms with Crippen molar-refractivity contribution in [3.63, 3.8) is 0 Å². The molecule has 1 aromatic carbocycles. The van der Waals surface area contributed by atoms with Gasteiger partial charge in [-0.05, 0) is 37.8 Å². The zero-order valence-electron chi connectivity index (χ0n) is 16.4. The number of hydrogen-bond donors (Lipinski definition) is 2. The number of hydrogen-bond acceptors (Lipinski definition) is 8. The van der Waals surface area contributed by atoms with Crippen molar-refractivity contribution in [2.75, 3.05) is 6.61 Å². The molecule has 2 fully saturated rings. The number of benzene rings is 1. The number of aliphatic hydroxyl groups excluding tert-OH is 2. The van der Waals surface area contributed by atoms with Crippen molar-refractivity contribution in [3.8, 4) is 11.8 Å². The van der Waals surface area contributed by atoms with Crippen molar-refractivity contribution < 1.29 is 24.4 Å². The molecule has 3 aromatic rings. The second kappa shape index (κ2) is 8.17. The summed E-state index contributed by atoms with van der Waals surface area (Å²) in [6.07, 6.45) is 3.76. The minimum absolute atomic E-state index is 0.108. The second-order valence-corrected chi connectivity index (χ2v) is 7.71. The lowest BCUT2D eigenvalue weighted by Crippen LogP contribution is -2.34. The highest BCUT2D eigenvalue weighted by Crippen LogP contribution is 2.32. The number of aromatic nitrogens is 4. The molecule has 30 heavy (non-hydrogen) atoms. The molecule has 2 aliphatic rings. The van der Waals surface area contributed by atoms with E-state index in [9.17, 15) is 10.2 Å². The van der Waals surface area contributed by atoms with Crippen molar-refractivity contribution in [3.05, 3.63) is 42.9 Å². The van der Waals surface area contributed by atoms with Crippen LogP contribution in [0.3, 0.4) is 0 Å². The lowest BCUT2D eigenvalue weighted by Gasteiger charge is -2.17. The minimum Gasteiger partial charge on any atom is -0.491 e. The molecule has 1 aliphatic carbocycles. The van der Waals surface area contributed by atoms with Gasteiger partial charge in [0.05, 0.1) is 12.5 Å². The van der Waals surface area contributed by atoms with Gasteiger partial charge in [0.15, 0.2) is 11.9 Å². The van der Waals surface area contributed by atoms with E-state index in [0.717, 1.165) is 25.7 Å². The molecule has 3 heterocycles. The highest BCUT2D eigenvalue weighted by molar-refractivity contribution is 5.69. The molecule has 2 aromatic heterocycles. The summed E-state index contributed by atoms with van der Waals surface area (Å²) in [7, 11) is 0. The van der Waals surface area contributed by atoms with E-state index >= 15 is 0 Å². The smallest absolute Gasteiger partial charge is 0.318 e. The van der Waals surface area contributed by atoms with Crippen LogP contribution in [0, 0.1) is 0 Å². The van der Waals surface area contributed by atoms with Crippen molar-refractivity contribution >= 4 is 11.2 Å². The molecule has 1 saturated carbocycles. The summed E-state index contributed by atoms with van der Waals surface area (Å²) in [5.41, 5.74) is 1.04. The van der Waals surface area contributed by atoms with Crippen LogP contribution < -0.4 is 9.47 Å². The number of nitrogens with zero attached hydrogens (tertiary/aromatic N) is 4. The Morgan fingerprint density at radius 3 is 2.67 bits per heavy atom. The minimum atomic E-state index is -1.15. The molecule has 0 amide bonds. The van der Waals surface area contributed by atoms with Crippen molar-refractivity contribution in [2.24, 2.45) is 0 Å². The van der Waals surface area contributed by atoms with Crippen molar-refractivity contribution in [1.29, 1.82) is 0 Å². The normalized spacial score (nSPS) is 27.0. The fourth-order valence-electron chi connectivity index (χ4n) is 4.00. The van der Waals surface area contributed by atoms with Crippen LogP contribution in [0.2, 0.25) is 0 Å². The van der Waals surface area contributed by atoms with Gasteiger partial charge in [0.1, 0.15) is 42.3 Å². The van der Waals surface area contributed by atoms with E-state index in [4.69, 9.17) is 14.2 Å². The summed E-state index contributed by atoms with van der Waals surface area (Å²) < 4.78 is 19.1. The van der Waals surface area contributed by atoms with Crippen LogP contribution in [-0.2, 0) is 4.74 Å². The van der Waals surface area contributed by atoms with E-state index in [1.807, 2.05) is 30.3 Å². The van der Waals surface area contributed by atoms with Gasteiger partial charge in [0.2, 0.25) is 0 Å². The molecule has 4 atom stereocenters. The first-order valence-electron chi connectivity index (χ1n) is 10.2. The Hall–Kier alpha value is -2.75. The van der Waals surface area contributed by atoms with Gasteiger partial charge in [-0.2, -0.15) is 4.98 Å². The van der Waals surface area contributed by atoms with E-state index in [1.165, 1.54) is 6.33 Å². The summed E-state index contributed by atoms with van der Waals surface area (Å²) >= 11 is 0. The van der Waals surface area contributed by atoms with Crippen LogP contribution in [0.5, 0.6) is 11.8 Å². The third kappa shape index (κ3) is 3.71. The predicted molar refractivity (Wildman–Crippen MR) is 106 cm³/mol. The average Bonchev–Trinajstić information content (AvgIpc) is 3.49. The Morgan fingerprint density at radius 1 is 1.07 bits per heavy atom. The third-order valence-electron chi connectivity index (χ3n) is 5.64. The molecule has 0 radical (unpaired) electrons. The van der Waals surface area contributed by atoms with Gasteiger partial charge in [0, 0.05) is 0 Å². The molecule has 5 rings (SSSR count). The van der Waals surface area contributed by atoms with Gasteiger partial charge in [-0.3, -0.25) is 4.57 Å². The Labute approximate surface area is 173 Å². The summed E-state index contributed by atoms with van der Waals surface area (Å²) in [4.78, 5) is 13.0. The maximum atomic E-state index is 10.6. The van der Waals surface area contributed by atoms with Gasteiger partial charge >= 0.3 is 6.01 Å². The molecule has 9 heteroatoms. The van der Waals surface area contributed by atoms with Gasteiger partial charge < -0.3 is 24.4 Å². The summed E-state index contributed by atoms with van der Waals surface area (Å²) in [6.45, 7) is 0.108. The molecule has 2 N–H and O–H groups in total. The first kappa shape index (κ1) is 19.2. The zero-order valence-corrected chi connectivity index (χ0v) is 16.4. The fourth-order valence-corrected chi connectivity index (χ4v) is 4.00. The number of aliphatic hydroxyl groups is 2. The molecular weight excluding hydrogens is 388 g/mol. The number of imidazole rings is 1. The number of rotatable bonds is 6. The number of fused-ring (bicyclic) bond motifs is 1. The van der Waals surface area contributed by atoms with Crippen LogP contribution in [0.1, 0.15) is 31.9 Å². The Balaban J connectivity index is 1.33. The van der Waals surface area contributed by atoms with E-state index in [1.54, 1.807) is 10.8 Å². The van der Waals surface area contributed by atoms with Crippen LogP contribution >= 0.6 is 0 Å². The van der Waals surface area contributed by atoms with Gasteiger partial charge in [0.25, 0.3) is 0 Å². The topological polar surface area (TPSA) is 112 Å². The number of para-hydroxylation sites is 1. The van der Waals surface area contributed by atoms with Crippen LogP contribution in [0.4, 0.5) is 0 Å². The zero-order chi connectivity index (χ0) is 20.5. The molecule has 0 bridgehead atoms. The highest BCUT2D eigenvalue weighted by atomic mass is 16.6. The summed E-state index contributed by atoms with van der Waals surface area (Å²) in [5.74, 6) is 0.667. The van der Waals surface area contributed by atoms with E-state index in [-0.39, 0.29) is 18.7 Å². The van der Waals surface area contributed by atoms with E-state index < -0.39 is 24.5 Å². The molecule has 0 unspecified atom stereocenters. The quantitative estimate of drug-likeness (QED) is 0.631. The van der Waals surface area contributed by atoms with Crippen molar-refractivity contribution in [1.82, 2.24) is 19.5 Å². The molecule has 1 saturated heterocycles. The molecule has 158 valence electrons.